The number of hydrogen-bond donors (Lipinski definition) is 0. The Hall–Kier alpha value is -7.66. The van der Waals surface area contributed by atoms with Gasteiger partial charge in [-0.1, -0.05) is 109 Å². The molecule has 262 valence electrons. The van der Waals surface area contributed by atoms with E-state index in [9.17, 15) is 10.5 Å². The molecule has 0 bridgehead atoms. The van der Waals surface area contributed by atoms with Gasteiger partial charge in [0.15, 0.2) is 0 Å². The summed E-state index contributed by atoms with van der Waals surface area (Å²) in [7, 11) is 0. The fourth-order valence-electron chi connectivity index (χ4n) is 8.58. The highest BCUT2D eigenvalue weighted by molar-refractivity contribution is 6.12. The zero-order chi connectivity index (χ0) is 37.9. The fraction of sp³-hybridized carbons (Fsp3) is 0.0385. The number of aryl methyl sites for hydroxylation is 2. The number of fused-ring (bicyclic) bond motifs is 6. The molecule has 4 heteroatoms. The van der Waals surface area contributed by atoms with Crippen LogP contribution >= 0.6 is 0 Å². The molecule has 0 N–H and O–H groups in total. The Labute approximate surface area is 325 Å². The van der Waals surface area contributed by atoms with E-state index in [-0.39, 0.29) is 0 Å². The lowest BCUT2D eigenvalue weighted by Crippen LogP contribution is -2.00. The first kappa shape index (κ1) is 32.9. The van der Waals surface area contributed by atoms with Gasteiger partial charge in [-0.3, -0.25) is 0 Å². The van der Waals surface area contributed by atoms with Crippen molar-refractivity contribution in [3.8, 4) is 56.9 Å². The van der Waals surface area contributed by atoms with Crippen molar-refractivity contribution in [3.05, 3.63) is 192 Å². The second-order valence-electron chi connectivity index (χ2n) is 14.5. The van der Waals surface area contributed by atoms with Gasteiger partial charge < -0.3 is 9.13 Å². The van der Waals surface area contributed by atoms with Crippen LogP contribution in [0.1, 0.15) is 22.3 Å². The zero-order valence-corrected chi connectivity index (χ0v) is 31.0. The monoisotopic (exact) mass is 714 g/mol. The Morgan fingerprint density at radius 3 is 1.16 bits per heavy atom. The molecule has 4 nitrogen and oxygen atoms in total. The molecule has 0 fully saturated rings. The molecule has 0 unspecified atom stereocenters. The van der Waals surface area contributed by atoms with Crippen molar-refractivity contribution in [1.82, 2.24) is 9.13 Å². The summed E-state index contributed by atoms with van der Waals surface area (Å²) in [5.41, 5.74) is 16.0. The van der Waals surface area contributed by atoms with Crippen molar-refractivity contribution in [2.45, 2.75) is 13.8 Å². The van der Waals surface area contributed by atoms with Crippen molar-refractivity contribution in [3.63, 3.8) is 0 Å². The summed E-state index contributed by atoms with van der Waals surface area (Å²) in [6.45, 7) is 4.29. The molecule has 0 amide bonds. The van der Waals surface area contributed by atoms with Crippen LogP contribution < -0.4 is 0 Å². The van der Waals surface area contributed by atoms with Crippen molar-refractivity contribution >= 4 is 43.6 Å². The molecule has 56 heavy (non-hydrogen) atoms. The molecule has 8 aromatic carbocycles. The highest BCUT2D eigenvalue weighted by Gasteiger charge is 2.20. The molecule has 0 saturated heterocycles. The molecule has 0 atom stereocenters. The van der Waals surface area contributed by atoms with Gasteiger partial charge in [0.05, 0.1) is 44.6 Å². The first-order chi connectivity index (χ1) is 27.5. The number of para-hydroxylation sites is 2. The first-order valence-corrected chi connectivity index (χ1v) is 18.8. The summed E-state index contributed by atoms with van der Waals surface area (Å²) in [5.74, 6) is 0. The Morgan fingerprint density at radius 1 is 0.357 bits per heavy atom. The van der Waals surface area contributed by atoms with E-state index in [2.05, 4.69) is 181 Å². The van der Waals surface area contributed by atoms with Gasteiger partial charge in [-0.2, -0.15) is 10.5 Å². The van der Waals surface area contributed by atoms with Crippen LogP contribution in [-0.4, -0.2) is 9.13 Å². The van der Waals surface area contributed by atoms with Gasteiger partial charge in [0.2, 0.25) is 0 Å². The first-order valence-electron chi connectivity index (χ1n) is 18.8. The van der Waals surface area contributed by atoms with Crippen LogP contribution in [0.2, 0.25) is 0 Å². The summed E-state index contributed by atoms with van der Waals surface area (Å²) in [4.78, 5) is 0. The Bertz CT molecular complexity index is 3080. The van der Waals surface area contributed by atoms with Crippen LogP contribution in [0.3, 0.4) is 0 Å². The number of benzene rings is 8. The Kier molecular flexibility index (Phi) is 7.66. The second kappa shape index (κ2) is 13.0. The van der Waals surface area contributed by atoms with E-state index in [0.717, 1.165) is 77.2 Å². The normalized spacial score (nSPS) is 11.4. The highest BCUT2D eigenvalue weighted by Crippen LogP contribution is 2.40. The third-order valence-electron chi connectivity index (χ3n) is 11.3. The van der Waals surface area contributed by atoms with Gasteiger partial charge >= 0.3 is 0 Å². The average molecular weight is 715 g/mol. The smallest absolute Gasteiger partial charge is 0.101 e. The maximum absolute atomic E-state index is 10.5. The number of nitriles is 2. The average Bonchev–Trinajstić information content (AvgIpc) is 3.75. The van der Waals surface area contributed by atoms with E-state index in [1.54, 1.807) is 0 Å². The lowest BCUT2D eigenvalue weighted by molar-refractivity contribution is 1.16. The van der Waals surface area contributed by atoms with E-state index in [1.165, 1.54) is 22.3 Å². The number of hydrogen-bond acceptors (Lipinski definition) is 2. The van der Waals surface area contributed by atoms with Gasteiger partial charge in [-0.15, -0.1) is 0 Å². The third kappa shape index (κ3) is 5.12. The molecule has 0 saturated carbocycles. The SMILES string of the molecule is Cc1ccccc1-c1ccc2c(c1)c1ccccc1n2-c1cc(-c2ccc(C#N)c(-n3c4ccccc4c4cc(-c5ccccc5C)ccc43)c2)ccc1C#N. The van der Waals surface area contributed by atoms with Crippen LogP contribution in [0.25, 0.3) is 88.4 Å². The van der Waals surface area contributed by atoms with Crippen LogP contribution in [0.4, 0.5) is 0 Å². The molecule has 10 rings (SSSR count). The minimum atomic E-state index is 0.583. The number of rotatable bonds is 5. The van der Waals surface area contributed by atoms with Gasteiger partial charge in [0, 0.05) is 21.5 Å². The number of nitrogens with zero attached hydrogens (tertiary/aromatic N) is 4. The second-order valence-corrected chi connectivity index (χ2v) is 14.5. The maximum atomic E-state index is 10.5. The van der Waals surface area contributed by atoms with E-state index < -0.39 is 0 Å². The molecule has 0 spiro atoms. The number of aromatic nitrogens is 2. The predicted molar refractivity (Wildman–Crippen MR) is 230 cm³/mol. The molecular weight excluding hydrogens is 681 g/mol. The molecule has 2 heterocycles. The highest BCUT2D eigenvalue weighted by atomic mass is 15.0. The van der Waals surface area contributed by atoms with E-state index in [0.29, 0.717) is 11.1 Å². The summed E-state index contributed by atoms with van der Waals surface area (Å²) in [5, 5.41) is 25.5. The van der Waals surface area contributed by atoms with E-state index in [4.69, 9.17) is 0 Å². The molecule has 0 aliphatic carbocycles. The molecule has 0 aliphatic rings. The minimum absolute atomic E-state index is 0.583. The van der Waals surface area contributed by atoms with E-state index in [1.807, 2.05) is 24.3 Å². The Morgan fingerprint density at radius 2 is 0.732 bits per heavy atom. The standard InChI is InChI=1S/C52H34N4/c1-33-11-3-5-13-41(33)37-23-25-49-45(27-37)43-15-7-9-17-47(43)55(49)51-29-35(19-21-39(51)31-53)36-20-22-40(32-54)52(30-36)56-48-18-10-8-16-44(48)46-28-38(24-26-50(46)56)42-14-6-4-12-34(42)2/h3-30H,1-2H3. The lowest BCUT2D eigenvalue weighted by Gasteiger charge is -2.15. The third-order valence-corrected chi connectivity index (χ3v) is 11.3. The van der Waals surface area contributed by atoms with Crippen LogP contribution in [-0.2, 0) is 0 Å². The van der Waals surface area contributed by atoms with Crippen molar-refractivity contribution < 1.29 is 0 Å². The summed E-state index contributed by atoms with van der Waals surface area (Å²) >= 11 is 0. The summed E-state index contributed by atoms with van der Waals surface area (Å²) < 4.78 is 4.44. The van der Waals surface area contributed by atoms with Gasteiger partial charge in [0.1, 0.15) is 12.1 Å². The summed E-state index contributed by atoms with van der Waals surface area (Å²) in [6, 6.07) is 64.1. The largest absolute Gasteiger partial charge is 0.308 e. The summed E-state index contributed by atoms with van der Waals surface area (Å²) in [6.07, 6.45) is 0. The molecular formula is C52H34N4. The molecule has 2 aromatic heterocycles. The van der Waals surface area contributed by atoms with Crippen LogP contribution in [0.5, 0.6) is 0 Å². The molecule has 10 aromatic rings. The van der Waals surface area contributed by atoms with Crippen LogP contribution in [0.15, 0.2) is 170 Å². The lowest BCUT2D eigenvalue weighted by atomic mass is 9.98. The zero-order valence-electron chi connectivity index (χ0n) is 31.0. The molecule has 0 radical (unpaired) electrons. The molecule has 0 aliphatic heterocycles. The van der Waals surface area contributed by atoms with Gasteiger partial charge in [0.25, 0.3) is 0 Å². The van der Waals surface area contributed by atoms with Crippen molar-refractivity contribution in [2.75, 3.05) is 0 Å². The Balaban J connectivity index is 1.16. The van der Waals surface area contributed by atoms with Crippen molar-refractivity contribution in [1.29, 1.82) is 10.5 Å². The van der Waals surface area contributed by atoms with E-state index >= 15 is 0 Å². The van der Waals surface area contributed by atoms with Gasteiger partial charge in [-0.25, -0.2) is 0 Å². The van der Waals surface area contributed by atoms with Crippen LogP contribution in [0, 0.1) is 36.5 Å². The quantitative estimate of drug-likeness (QED) is 0.178. The van der Waals surface area contributed by atoms with Gasteiger partial charge in [-0.05, 0) is 119 Å². The van der Waals surface area contributed by atoms with Crippen molar-refractivity contribution in [2.24, 2.45) is 0 Å². The maximum Gasteiger partial charge on any atom is 0.101 e. The predicted octanol–water partition coefficient (Wildman–Crippen LogP) is 13.2. The minimum Gasteiger partial charge on any atom is -0.308 e. The topological polar surface area (TPSA) is 57.4 Å². The fourth-order valence-corrected chi connectivity index (χ4v) is 8.58.